The first kappa shape index (κ1) is 14.7. The number of allylic oxidation sites excluding steroid dienone is 1. The predicted molar refractivity (Wildman–Crippen MR) is 78.2 cm³/mol. The van der Waals surface area contributed by atoms with Crippen molar-refractivity contribution in [1.82, 2.24) is 0 Å². The minimum atomic E-state index is 0.747. The summed E-state index contributed by atoms with van der Waals surface area (Å²) in [6, 6.07) is 0. The molecule has 0 unspecified atom stereocenters. The average molecular weight is 305 g/mol. The molecule has 0 heterocycles. The molecule has 2 heteroatoms. The van der Waals surface area contributed by atoms with Gasteiger partial charge in [0.15, 0.2) is 0 Å². The fourth-order valence-corrected chi connectivity index (χ4v) is 5.66. The second-order valence-corrected chi connectivity index (χ2v) is 9.41. The molecule has 0 N–H and O–H groups in total. The molecule has 0 spiro atoms. The number of hydrogen-bond acceptors (Lipinski definition) is 1. The van der Waals surface area contributed by atoms with Gasteiger partial charge in [0.25, 0.3) is 0 Å². The Morgan fingerprint density at radius 3 is 2.56 bits per heavy atom. The Balaban J connectivity index is 2.42. The molecular formula is C14H26SSe. The van der Waals surface area contributed by atoms with Crippen LogP contribution in [-0.4, -0.2) is 20.7 Å². The summed E-state index contributed by atoms with van der Waals surface area (Å²) in [5, 5.41) is 1.36. The van der Waals surface area contributed by atoms with Crippen molar-refractivity contribution in [1.29, 1.82) is 0 Å². The fraction of sp³-hybridized carbons (Fsp3) is 0.857. The predicted octanol–water partition coefficient (Wildman–Crippen LogP) is 4.94. The zero-order chi connectivity index (χ0) is 11.8. The molecule has 16 heavy (non-hydrogen) atoms. The van der Waals surface area contributed by atoms with Gasteiger partial charge in [-0.15, -0.1) is 0 Å². The van der Waals surface area contributed by atoms with Gasteiger partial charge in [0.1, 0.15) is 0 Å². The Morgan fingerprint density at radius 1 is 1.31 bits per heavy atom. The topological polar surface area (TPSA) is 0 Å². The van der Waals surface area contributed by atoms with Gasteiger partial charge >= 0.3 is 112 Å². The van der Waals surface area contributed by atoms with Crippen LogP contribution in [0.5, 0.6) is 0 Å². The van der Waals surface area contributed by atoms with Crippen molar-refractivity contribution in [2.24, 2.45) is 11.8 Å². The molecule has 0 aliphatic heterocycles. The van der Waals surface area contributed by atoms with Crippen molar-refractivity contribution in [2.45, 2.75) is 58.2 Å². The Morgan fingerprint density at radius 2 is 2.00 bits per heavy atom. The number of rotatable bonds is 6. The molecule has 1 rings (SSSR count). The molecule has 1 saturated carbocycles. The molecule has 0 bridgehead atoms. The van der Waals surface area contributed by atoms with E-state index in [4.69, 9.17) is 0 Å². The summed E-state index contributed by atoms with van der Waals surface area (Å²) in [6.07, 6.45) is 9.93. The van der Waals surface area contributed by atoms with E-state index in [1.807, 2.05) is 0 Å². The van der Waals surface area contributed by atoms with E-state index < -0.39 is 0 Å². The average Bonchev–Trinajstić information content (AvgIpc) is 2.27. The molecule has 1 aliphatic carbocycles. The van der Waals surface area contributed by atoms with E-state index >= 15 is 0 Å². The molecule has 0 aromatic heterocycles. The summed E-state index contributed by atoms with van der Waals surface area (Å²) < 4.78 is 1.73. The molecule has 0 nitrogen and oxygen atoms in total. The monoisotopic (exact) mass is 306 g/mol. The van der Waals surface area contributed by atoms with Crippen LogP contribution in [0, 0.1) is 11.8 Å². The molecule has 0 saturated heterocycles. The third-order valence-electron chi connectivity index (χ3n) is 2.87. The van der Waals surface area contributed by atoms with Crippen molar-refractivity contribution >= 4 is 26.7 Å². The molecule has 94 valence electrons. The summed E-state index contributed by atoms with van der Waals surface area (Å²) in [6.45, 7) is 6.97. The Kier molecular flexibility index (Phi) is 7.94. The van der Waals surface area contributed by atoms with Gasteiger partial charge in [-0.25, -0.2) is 0 Å². The van der Waals surface area contributed by atoms with Crippen LogP contribution in [0.1, 0.15) is 52.9 Å². The van der Waals surface area contributed by atoms with Gasteiger partial charge in [0.05, 0.1) is 0 Å². The third-order valence-corrected chi connectivity index (χ3v) is 6.96. The van der Waals surface area contributed by atoms with Gasteiger partial charge in [-0.3, -0.25) is 0 Å². The van der Waals surface area contributed by atoms with Gasteiger partial charge < -0.3 is 0 Å². The summed E-state index contributed by atoms with van der Waals surface area (Å²) in [5.74, 6) is 3.05. The van der Waals surface area contributed by atoms with Crippen LogP contribution >= 0.6 is 11.8 Å². The zero-order valence-corrected chi connectivity index (χ0v) is 13.5. The summed E-state index contributed by atoms with van der Waals surface area (Å²) >= 11 is 2.88. The summed E-state index contributed by atoms with van der Waals surface area (Å²) in [5.41, 5.74) is 0. The number of hydrogen-bond donors (Lipinski definition) is 0. The standard InChI is InChI=1S/C14H26SSe/c1-4-16-14(15-11-12(2)3)10-13-8-6-5-7-9-13/h10,12-13H,4-9,11H2,1-3H3/b14-10+. The van der Waals surface area contributed by atoms with E-state index in [-0.39, 0.29) is 0 Å². The van der Waals surface area contributed by atoms with Crippen molar-refractivity contribution < 1.29 is 0 Å². The first-order valence-electron chi connectivity index (χ1n) is 6.69. The minimum absolute atomic E-state index is 0.747. The molecule has 0 radical (unpaired) electrons. The van der Waals surface area contributed by atoms with Gasteiger partial charge in [-0.2, -0.15) is 0 Å². The van der Waals surface area contributed by atoms with Crippen molar-refractivity contribution in [3.63, 3.8) is 0 Å². The van der Waals surface area contributed by atoms with Gasteiger partial charge in [-0.05, 0) is 0 Å². The van der Waals surface area contributed by atoms with Crippen molar-refractivity contribution in [3.8, 4) is 0 Å². The number of thioether (sulfide) groups is 1. The zero-order valence-electron chi connectivity index (χ0n) is 11.0. The maximum absolute atomic E-state index is 2.63. The van der Waals surface area contributed by atoms with Gasteiger partial charge in [-0.1, -0.05) is 0 Å². The fourth-order valence-electron chi connectivity index (χ4n) is 2.02. The van der Waals surface area contributed by atoms with Crippen molar-refractivity contribution in [3.05, 3.63) is 9.88 Å². The van der Waals surface area contributed by atoms with Crippen LogP contribution in [0.3, 0.4) is 0 Å². The molecule has 0 aromatic rings. The van der Waals surface area contributed by atoms with E-state index in [0.717, 1.165) is 26.8 Å². The Hall–Kier alpha value is 0.609. The third kappa shape index (κ3) is 6.37. The Labute approximate surface area is 112 Å². The van der Waals surface area contributed by atoms with E-state index in [1.165, 1.54) is 43.2 Å². The van der Waals surface area contributed by atoms with Crippen LogP contribution in [0.2, 0.25) is 5.32 Å². The quantitative estimate of drug-likeness (QED) is 0.626. The van der Waals surface area contributed by atoms with Gasteiger partial charge in [0.2, 0.25) is 0 Å². The van der Waals surface area contributed by atoms with E-state index in [0.29, 0.717) is 0 Å². The second-order valence-electron chi connectivity index (χ2n) is 5.02. The van der Waals surface area contributed by atoms with E-state index in [2.05, 4.69) is 38.6 Å². The molecule has 0 atom stereocenters. The Bertz CT molecular complexity index is 205. The van der Waals surface area contributed by atoms with Crippen LogP contribution in [0.15, 0.2) is 9.88 Å². The summed E-state index contributed by atoms with van der Waals surface area (Å²) in [7, 11) is 0. The maximum atomic E-state index is 2.63. The first-order chi connectivity index (χ1) is 7.72. The normalized spacial score (nSPS) is 19.4. The van der Waals surface area contributed by atoms with Crippen LogP contribution in [0.25, 0.3) is 0 Å². The van der Waals surface area contributed by atoms with Crippen LogP contribution in [0.4, 0.5) is 0 Å². The first-order valence-corrected chi connectivity index (χ1v) is 9.75. The SMILES string of the molecule is CC[Se]/C(=C/C1CCCCC1)SCC(C)C. The van der Waals surface area contributed by atoms with Crippen LogP contribution in [-0.2, 0) is 0 Å². The molecule has 1 fully saturated rings. The molecule has 0 aromatic carbocycles. The van der Waals surface area contributed by atoms with E-state index in [9.17, 15) is 0 Å². The molecule has 1 aliphatic rings. The molecular weight excluding hydrogens is 279 g/mol. The van der Waals surface area contributed by atoms with Crippen LogP contribution < -0.4 is 0 Å². The summed E-state index contributed by atoms with van der Waals surface area (Å²) in [4.78, 5) is 0. The molecule has 0 amide bonds. The van der Waals surface area contributed by atoms with Crippen molar-refractivity contribution in [2.75, 3.05) is 5.75 Å². The van der Waals surface area contributed by atoms with Gasteiger partial charge in [0, 0.05) is 0 Å². The van der Waals surface area contributed by atoms with E-state index in [1.54, 1.807) is 3.80 Å². The second kappa shape index (κ2) is 8.66.